The van der Waals surface area contributed by atoms with Gasteiger partial charge in [-0.1, -0.05) is 72.5 Å². The van der Waals surface area contributed by atoms with Crippen LogP contribution in [0, 0.1) is 24.2 Å². The molecule has 0 saturated heterocycles. The second kappa shape index (κ2) is 10.5. The lowest BCUT2D eigenvalue weighted by Gasteiger charge is -2.37. The summed E-state index contributed by atoms with van der Waals surface area (Å²) in [6.07, 6.45) is 13.1. The molecule has 1 aliphatic heterocycles. The van der Waals surface area contributed by atoms with E-state index in [2.05, 4.69) is 71.6 Å². The first-order valence-corrected chi connectivity index (χ1v) is 12.8. The number of benzene rings is 1. The first kappa shape index (κ1) is 23.5. The highest BCUT2D eigenvalue weighted by molar-refractivity contribution is 6.57. The molecule has 3 atom stereocenters. The number of nitrogens with one attached hydrogen (secondary N) is 2. The Morgan fingerprint density at radius 1 is 1.10 bits per heavy atom. The summed E-state index contributed by atoms with van der Waals surface area (Å²) in [6.45, 7) is 14.3. The predicted octanol–water partition coefficient (Wildman–Crippen LogP) is 7.16. The molecule has 1 saturated carbocycles. The van der Waals surface area contributed by atoms with Gasteiger partial charge in [-0.2, -0.15) is 0 Å². The van der Waals surface area contributed by atoms with Crippen molar-refractivity contribution in [2.45, 2.75) is 118 Å². The number of hydrogen-bond donors (Lipinski definition) is 2. The molecule has 3 unspecified atom stereocenters. The topological polar surface area (TPSA) is 24.1 Å². The molecule has 2 nitrogen and oxygen atoms in total. The van der Waals surface area contributed by atoms with E-state index >= 15 is 0 Å². The van der Waals surface area contributed by atoms with E-state index in [9.17, 15) is 0 Å². The van der Waals surface area contributed by atoms with Crippen LogP contribution in [0.2, 0.25) is 6.32 Å². The summed E-state index contributed by atoms with van der Waals surface area (Å²) in [4.78, 5) is 0. The van der Waals surface area contributed by atoms with Gasteiger partial charge in [0.05, 0.1) is 0 Å². The second-order valence-corrected chi connectivity index (χ2v) is 11.1. The van der Waals surface area contributed by atoms with Gasteiger partial charge in [-0.25, -0.2) is 0 Å². The molecule has 167 valence electrons. The van der Waals surface area contributed by atoms with Crippen molar-refractivity contribution in [1.82, 2.24) is 0 Å². The number of hydrogen-bond acceptors (Lipinski definition) is 2. The molecule has 1 aromatic rings. The smallest absolute Gasteiger partial charge is 0.157 e. The monoisotopic (exact) mass is 409 g/mol. The molecule has 0 aromatic heterocycles. The van der Waals surface area contributed by atoms with Crippen LogP contribution >= 0.6 is 0 Å². The molecule has 3 heteroatoms. The van der Waals surface area contributed by atoms with E-state index in [1.54, 1.807) is 0 Å². The van der Waals surface area contributed by atoms with Crippen LogP contribution < -0.4 is 16.1 Å². The molecule has 0 amide bonds. The average molecular weight is 409 g/mol. The van der Waals surface area contributed by atoms with Crippen molar-refractivity contribution in [3.63, 3.8) is 0 Å². The normalized spacial score (nSPS) is 25.3. The summed E-state index contributed by atoms with van der Waals surface area (Å²) >= 11 is 0. The fourth-order valence-corrected chi connectivity index (χ4v) is 5.39. The van der Waals surface area contributed by atoms with Crippen molar-refractivity contribution >= 4 is 24.1 Å². The third-order valence-corrected chi connectivity index (χ3v) is 7.95. The Morgan fingerprint density at radius 2 is 1.80 bits per heavy atom. The lowest BCUT2D eigenvalue weighted by Crippen LogP contribution is -2.38. The highest BCUT2D eigenvalue weighted by Gasteiger charge is 2.31. The van der Waals surface area contributed by atoms with Crippen molar-refractivity contribution in [2.75, 3.05) is 10.6 Å². The van der Waals surface area contributed by atoms with E-state index in [1.807, 2.05) is 0 Å². The zero-order chi connectivity index (χ0) is 21.7. The fourth-order valence-electron chi connectivity index (χ4n) is 5.39. The SMILES string of the molecule is CCCCC1Nc2cc(C)cc(c2[B]CC(C)C2CCC2)NC(C)CCCC1(C)C. The molecular formula is C27H46BN2. The van der Waals surface area contributed by atoms with E-state index < -0.39 is 0 Å². The van der Waals surface area contributed by atoms with Gasteiger partial charge in [-0.15, -0.1) is 0 Å². The molecule has 1 radical (unpaired) electrons. The number of fused-ring (bicyclic) bond motifs is 2. The zero-order valence-corrected chi connectivity index (χ0v) is 20.6. The van der Waals surface area contributed by atoms with Gasteiger partial charge in [0.2, 0.25) is 0 Å². The quantitative estimate of drug-likeness (QED) is 0.467. The van der Waals surface area contributed by atoms with Crippen LogP contribution in [0.1, 0.15) is 98.0 Å². The van der Waals surface area contributed by atoms with Crippen molar-refractivity contribution in [1.29, 1.82) is 0 Å². The molecule has 0 spiro atoms. The summed E-state index contributed by atoms with van der Waals surface area (Å²) in [6, 6.07) is 5.80. The number of rotatable bonds is 7. The largest absolute Gasteiger partial charge is 0.383 e. The second-order valence-electron chi connectivity index (χ2n) is 11.1. The van der Waals surface area contributed by atoms with Crippen LogP contribution in [-0.2, 0) is 0 Å². The molecule has 2 aliphatic rings. The average Bonchev–Trinajstić information content (AvgIpc) is 2.62. The maximum atomic E-state index is 4.08. The van der Waals surface area contributed by atoms with E-state index in [0.29, 0.717) is 17.5 Å². The van der Waals surface area contributed by atoms with Gasteiger partial charge in [0.15, 0.2) is 7.28 Å². The van der Waals surface area contributed by atoms with Gasteiger partial charge >= 0.3 is 0 Å². The van der Waals surface area contributed by atoms with Gasteiger partial charge in [-0.05, 0) is 73.5 Å². The first-order chi connectivity index (χ1) is 14.3. The molecule has 1 fully saturated rings. The third-order valence-electron chi connectivity index (χ3n) is 7.95. The van der Waals surface area contributed by atoms with Crippen molar-refractivity contribution < 1.29 is 0 Å². The van der Waals surface area contributed by atoms with Gasteiger partial charge in [0, 0.05) is 23.5 Å². The van der Waals surface area contributed by atoms with Gasteiger partial charge in [0.1, 0.15) is 0 Å². The lowest BCUT2D eigenvalue weighted by molar-refractivity contribution is 0.235. The molecule has 2 bridgehead atoms. The van der Waals surface area contributed by atoms with Gasteiger partial charge in [0.25, 0.3) is 0 Å². The van der Waals surface area contributed by atoms with Crippen molar-refractivity contribution in [3.8, 4) is 0 Å². The van der Waals surface area contributed by atoms with Crippen LogP contribution in [0.25, 0.3) is 0 Å². The van der Waals surface area contributed by atoms with Crippen LogP contribution in [0.4, 0.5) is 11.4 Å². The highest BCUT2D eigenvalue weighted by atomic mass is 15.0. The minimum atomic E-state index is 0.305. The van der Waals surface area contributed by atoms with E-state index in [-0.39, 0.29) is 0 Å². The predicted molar refractivity (Wildman–Crippen MR) is 136 cm³/mol. The maximum absolute atomic E-state index is 4.08. The Balaban J connectivity index is 1.92. The Hall–Kier alpha value is -1.12. The van der Waals surface area contributed by atoms with E-state index in [0.717, 1.165) is 11.8 Å². The molecular weight excluding hydrogens is 363 g/mol. The van der Waals surface area contributed by atoms with Crippen molar-refractivity contribution in [2.24, 2.45) is 17.3 Å². The fraction of sp³-hybridized carbons (Fsp3) is 0.778. The van der Waals surface area contributed by atoms with Gasteiger partial charge < -0.3 is 10.6 Å². The van der Waals surface area contributed by atoms with Gasteiger partial charge in [-0.3, -0.25) is 0 Å². The molecule has 1 aromatic carbocycles. The summed E-state index contributed by atoms with van der Waals surface area (Å²) in [5.41, 5.74) is 5.75. The van der Waals surface area contributed by atoms with E-state index in [4.69, 9.17) is 0 Å². The molecule has 2 N–H and O–H groups in total. The zero-order valence-electron chi connectivity index (χ0n) is 20.6. The Labute approximate surface area is 187 Å². The Morgan fingerprint density at radius 3 is 2.43 bits per heavy atom. The minimum absolute atomic E-state index is 0.305. The number of anilines is 2. The molecule has 3 rings (SSSR count). The number of aryl methyl sites for hydroxylation is 1. The number of unbranched alkanes of at least 4 members (excludes halogenated alkanes) is 1. The summed E-state index contributed by atoms with van der Waals surface area (Å²) < 4.78 is 0. The molecule has 1 aliphatic carbocycles. The summed E-state index contributed by atoms with van der Waals surface area (Å²) in [7, 11) is 2.54. The minimum Gasteiger partial charge on any atom is -0.383 e. The molecule has 1 heterocycles. The van der Waals surface area contributed by atoms with E-state index in [1.165, 1.54) is 86.5 Å². The highest BCUT2D eigenvalue weighted by Crippen LogP contribution is 2.36. The van der Waals surface area contributed by atoms with Crippen LogP contribution in [0.3, 0.4) is 0 Å². The Bertz CT molecular complexity index is 680. The maximum Gasteiger partial charge on any atom is 0.157 e. The molecule has 30 heavy (non-hydrogen) atoms. The summed E-state index contributed by atoms with van der Waals surface area (Å²) in [5, 5.41) is 7.96. The van der Waals surface area contributed by atoms with Crippen LogP contribution in [-0.4, -0.2) is 19.4 Å². The lowest BCUT2D eigenvalue weighted by atomic mass is 9.58. The standard InChI is InChI=1S/C27H46BN2/c1-7-8-14-25-27(5,6)15-10-11-21(4)29-23-16-19(2)17-24(30-25)26(23)28-18-20(3)22-12-9-13-22/h16-17,20-22,25,29-30H,7-15,18H2,1-6H3. The summed E-state index contributed by atoms with van der Waals surface area (Å²) in [5.74, 6) is 1.73. The van der Waals surface area contributed by atoms with Crippen LogP contribution in [0.15, 0.2) is 12.1 Å². The van der Waals surface area contributed by atoms with Crippen molar-refractivity contribution in [3.05, 3.63) is 17.7 Å². The Kier molecular flexibility index (Phi) is 8.21. The van der Waals surface area contributed by atoms with Crippen LogP contribution in [0.5, 0.6) is 0 Å². The first-order valence-electron chi connectivity index (χ1n) is 12.8. The third kappa shape index (κ3) is 5.98.